The molecule has 6 aromatic heterocycles. The highest BCUT2D eigenvalue weighted by molar-refractivity contribution is 6.25. The van der Waals surface area contributed by atoms with Crippen LogP contribution in [0.2, 0.25) is 0 Å². The molecular weight excluding hydrogens is 1730 g/mol. The molecule has 0 radical (unpaired) electrons. The lowest BCUT2D eigenvalue weighted by molar-refractivity contribution is -0.137. The van der Waals surface area contributed by atoms with E-state index < -0.39 is 108 Å². The monoisotopic (exact) mass is 1820 g/mol. The molecule has 2 unspecified atom stereocenters. The van der Waals surface area contributed by atoms with E-state index in [0.717, 1.165) is 53.8 Å². The predicted octanol–water partition coefficient (Wildman–Crippen LogP) is 5.29. The number of piperidine rings is 4. The molecular formula is C81H91ClF6N22O19. The second-order valence-electron chi connectivity index (χ2n) is 29.7. The Labute approximate surface area is 735 Å². The molecule has 6 aliphatic rings. The third-order valence-electron chi connectivity index (χ3n) is 20.8. The number of primary amides is 2. The maximum atomic E-state index is 13.3. The summed E-state index contributed by atoms with van der Waals surface area (Å²) in [6.07, 6.45) is 4.02. The lowest BCUT2D eigenvalue weighted by atomic mass is 9.99. The Bertz CT molecular complexity index is 5440. The van der Waals surface area contributed by atoms with Crippen LogP contribution in [0.5, 0.6) is 0 Å². The molecule has 41 nitrogen and oxygen atoms in total. The Kier molecular flexibility index (Phi) is 33.0. The number of anilines is 4. The average Bonchev–Trinajstić information content (AvgIpc) is 1.60. The summed E-state index contributed by atoms with van der Waals surface area (Å²) in [5.74, 6) is -7.47. The van der Waals surface area contributed by atoms with Crippen LogP contribution in [0.25, 0.3) is 22.9 Å². The van der Waals surface area contributed by atoms with Gasteiger partial charge in [0.1, 0.15) is 49.3 Å². The van der Waals surface area contributed by atoms with Gasteiger partial charge >= 0.3 is 18.4 Å². The van der Waals surface area contributed by atoms with Gasteiger partial charge in [-0.1, -0.05) is 24.3 Å². The molecule has 0 saturated carbocycles. The molecule has 2 aromatic carbocycles. The van der Waals surface area contributed by atoms with Crippen LogP contribution in [0.3, 0.4) is 0 Å². The summed E-state index contributed by atoms with van der Waals surface area (Å²) in [5.41, 5.74) is 19.0. The lowest BCUT2D eigenvalue weighted by Gasteiger charge is -2.32. The number of benzene rings is 2. The summed E-state index contributed by atoms with van der Waals surface area (Å²) in [6.45, 7) is 3.63. The van der Waals surface area contributed by atoms with Crippen LogP contribution in [-0.4, -0.2) is 261 Å². The maximum Gasteiger partial charge on any atom is 0.405 e. The lowest BCUT2D eigenvalue weighted by Crippen LogP contribution is -2.54. The molecule has 0 bridgehead atoms. The van der Waals surface area contributed by atoms with Crippen molar-refractivity contribution in [1.29, 1.82) is 0 Å². The number of fused-ring (bicyclic) bond motifs is 2. The fraction of sp³-hybridized carbons (Fsp3) is 0.420. The number of oxazole rings is 2. The summed E-state index contributed by atoms with van der Waals surface area (Å²) >= 11 is 0. The van der Waals surface area contributed by atoms with Crippen molar-refractivity contribution in [2.24, 2.45) is 17.2 Å². The van der Waals surface area contributed by atoms with Gasteiger partial charge in [0.15, 0.2) is 22.8 Å². The van der Waals surface area contributed by atoms with E-state index >= 15 is 0 Å². The zero-order valence-electron chi connectivity index (χ0n) is 68.9. The number of pyridine rings is 2. The van der Waals surface area contributed by atoms with E-state index in [1.54, 1.807) is 46.1 Å². The van der Waals surface area contributed by atoms with Crippen LogP contribution >= 0.6 is 12.4 Å². The number of aromatic nitrogens is 8. The van der Waals surface area contributed by atoms with Gasteiger partial charge in [0, 0.05) is 88.1 Å². The molecule has 0 aliphatic carbocycles. The van der Waals surface area contributed by atoms with E-state index in [1.807, 2.05) is 6.07 Å². The van der Waals surface area contributed by atoms with Crippen molar-refractivity contribution in [3.8, 4) is 22.9 Å². The summed E-state index contributed by atoms with van der Waals surface area (Å²) in [6, 6.07) is 13.2. The van der Waals surface area contributed by atoms with Crippen LogP contribution in [0, 0.1) is 0 Å². The fourth-order valence-electron chi connectivity index (χ4n) is 14.6. The molecule has 48 heteroatoms. The second kappa shape index (κ2) is 44.3. The highest BCUT2D eigenvalue weighted by Crippen LogP contribution is 2.35. The van der Waals surface area contributed by atoms with E-state index in [4.69, 9.17) is 45.0 Å². The number of imide groups is 4. The average molecular weight is 1830 g/mol. The molecule has 129 heavy (non-hydrogen) atoms. The van der Waals surface area contributed by atoms with Crippen LogP contribution in [0.15, 0.2) is 107 Å². The number of hydrogen-bond acceptors (Lipinski definition) is 29. The van der Waals surface area contributed by atoms with Crippen LogP contribution in [-0.2, 0) is 51.0 Å². The molecule has 688 valence electrons. The zero-order chi connectivity index (χ0) is 91.3. The molecule has 4 fully saturated rings. The molecule has 12 heterocycles. The van der Waals surface area contributed by atoms with Crippen molar-refractivity contribution < 1.29 is 116 Å². The van der Waals surface area contributed by atoms with Gasteiger partial charge in [0.25, 0.3) is 47.3 Å². The quantitative estimate of drug-likeness (QED) is 0.0136. The number of nitrogens with zero attached hydrogens (tertiary/aromatic N) is 11. The first-order valence-corrected chi connectivity index (χ1v) is 40.7. The Morgan fingerprint density at radius 3 is 1.38 bits per heavy atom. The fourth-order valence-corrected chi connectivity index (χ4v) is 14.6. The first-order valence-electron chi connectivity index (χ1n) is 40.7. The topological polar surface area (TPSA) is 556 Å². The predicted molar refractivity (Wildman–Crippen MR) is 443 cm³/mol. The van der Waals surface area contributed by atoms with Crippen molar-refractivity contribution in [3.05, 3.63) is 154 Å². The number of amides is 14. The van der Waals surface area contributed by atoms with Crippen molar-refractivity contribution in [3.63, 3.8) is 0 Å². The Hall–Kier alpha value is -13.5. The Balaban J connectivity index is 0.000000210. The minimum atomic E-state index is -4.46. The van der Waals surface area contributed by atoms with Crippen molar-refractivity contribution in [2.45, 2.75) is 114 Å². The van der Waals surface area contributed by atoms with Gasteiger partial charge < -0.3 is 81.8 Å². The van der Waals surface area contributed by atoms with E-state index in [-0.39, 0.29) is 157 Å². The number of carbonyl (C=O) groups is 13. The number of hydrogen-bond donors (Lipinski definition) is 11. The van der Waals surface area contributed by atoms with Gasteiger partial charge in [-0.3, -0.25) is 87.3 Å². The van der Waals surface area contributed by atoms with Gasteiger partial charge in [-0.15, -0.1) is 12.4 Å². The summed E-state index contributed by atoms with van der Waals surface area (Å²) in [5, 5.41) is 28.4. The van der Waals surface area contributed by atoms with Crippen molar-refractivity contribution >= 4 is 112 Å². The largest absolute Gasteiger partial charge is 0.444 e. The number of urea groups is 1. The molecule has 4 saturated heterocycles. The molecule has 8 aromatic rings. The number of likely N-dealkylation sites (tertiary alicyclic amines) is 1. The molecule has 2 atom stereocenters. The van der Waals surface area contributed by atoms with Crippen molar-refractivity contribution in [2.75, 3.05) is 126 Å². The van der Waals surface area contributed by atoms with Gasteiger partial charge in [-0.25, -0.2) is 24.7 Å². The van der Waals surface area contributed by atoms with Gasteiger partial charge in [-0.2, -0.15) is 36.5 Å². The second-order valence-corrected chi connectivity index (χ2v) is 29.7. The van der Waals surface area contributed by atoms with Crippen molar-refractivity contribution in [1.82, 2.24) is 75.5 Å². The normalized spacial score (nSPS) is 16.5. The van der Waals surface area contributed by atoms with Crippen LogP contribution in [0.1, 0.15) is 171 Å². The summed E-state index contributed by atoms with van der Waals surface area (Å²) in [7, 11) is 0. The van der Waals surface area contributed by atoms with Gasteiger partial charge in [-0.05, 0) is 125 Å². The Morgan fingerprint density at radius 1 is 0.535 bits per heavy atom. The summed E-state index contributed by atoms with van der Waals surface area (Å²) in [4.78, 5) is 182. The third-order valence-corrected chi connectivity index (χ3v) is 20.8. The number of nitrogens with two attached hydrogens (primary N) is 3. The SMILES string of the molecule is Cl.NC(=O)c1nn(C2CCN(C(=O)NCCOCCOCCCc3cccc4c3C(=O)N(C3CCC(=O)NC3=O)C4=O)CC2)cc1NC(=O)c1coc(-c2ccnc(NCC(F)(F)F)c2)n1.NC(=O)c1nn(C2CCNCC2)cc1NC(=O)c1coc(-c2ccnc(NCC(F)(F)F)c2)n1.NCCOCCOCCCc1cccc2c1C(=O)N(C1CCC(=O)NC1=O)C2=O. The van der Waals surface area contributed by atoms with Gasteiger partial charge in [0.2, 0.25) is 35.4 Å². The van der Waals surface area contributed by atoms with E-state index in [1.165, 1.54) is 47.5 Å². The van der Waals surface area contributed by atoms with Crippen LogP contribution in [0.4, 0.5) is 54.1 Å². The number of carbonyl (C=O) groups excluding carboxylic acids is 13. The highest BCUT2D eigenvalue weighted by atomic mass is 35.5. The standard InChI is InChI=1S/C41H44F3N11O10.C20H21F3N8O3.C20H25N3O6.ClH/c42-41(43,44)22-48-30-19-24(8-11-46-30)37-50-28(21-65-37)35(58)49-27-20-54(52-33(27)34(45)57)25-9-13-53(14-10-25)40(62)47-12-16-64-18-17-63-15-2-4-23-3-1-5-26-32(23)39(61)55(38(26)60)29-6-7-31(56)51-36(29)59;21-20(22,23)10-27-15-7-11(1-6-26-15)19-29-14(9-34-19)18(33)28-13-8-31(30-16(13)17(24)32)12-2-4-25-5-3-12;21-8-10-29-12-11-28-9-2-4-13-3-1-5-14-17(13)20(27)23(19(14)26)15-6-7-16(24)22-18(15)25;/h1,3,5,8,11,19-21,25,29H,2,4,6-7,9-10,12-18,22H2,(H2,45,57)(H,46,48)(H,47,62)(H,49,58)(H,51,56,59);1,6-9,12,25H,2-5,10H2,(H2,24,32)(H,26,27)(H,28,33);1,3,5,15H,2,4,6-12,21H2,(H,22,24,25);1H. The first-order chi connectivity index (χ1) is 61.4. The number of halogens is 7. The van der Waals surface area contributed by atoms with E-state index in [9.17, 15) is 88.7 Å². The Morgan fingerprint density at radius 2 is 0.961 bits per heavy atom. The highest BCUT2D eigenvalue weighted by Gasteiger charge is 2.48. The third kappa shape index (κ3) is 25.3. The van der Waals surface area contributed by atoms with E-state index in [0.29, 0.717) is 113 Å². The molecule has 14 rings (SSSR count). The molecule has 14 amide bonds. The minimum absolute atomic E-state index is 0. The molecule has 0 spiro atoms. The molecule has 14 N–H and O–H groups in total. The number of aryl methyl sites for hydroxylation is 2. The number of ether oxygens (including phenoxy) is 4. The number of rotatable bonds is 35. The maximum absolute atomic E-state index is 13.3. The number of nitrogens with one attached hydrogen (secondary N) is 8. The van der Waals surface area contributed by atoms with Crippen LogP contribution < -0.4 is 59.7 Å². The smallest absolute Gasteiger partial charge is 0.405 e. The number of alkyl halides is 6. The van der Waals surface area contributed by atoms with E-state index in [2.05, 4.69) is 72.7 Å². The minimum Gasteiger partial charge on any atom is -0.444 e. The molecule has 6 aliphatic heterocycles. The zero-order valence-corrected chi connectivity index (χ0v) is 69.7. The van der Waals surface area contributed by atoms with Gasteiger partial charge in [0.05, 0.1) is 85.4 Å². The summed E-state index contributed by atoms with van der Waals surface area (Å²) < 4.78 is 111. The first kappa shape index (κ1) is 96.2.